The molecule has 0 spiro atoms. The molecule has 0 aliphatic carbocycles. The maximum Gasteiger partial charge on any atom is 0.0749 e. The summed E-state index contributed by atoms with van der Waals surface area (Å²) in [6.45, 7) is 6.85. The first-order valence-corrected chi connectivity index (χ1v) is 4.53. The standard InChI is InChI=1S/C9H21NO3/c1-9(2,8-10)13-7-6-12-5-4-11-3/h4-8,10H2,1-3H3. The molecule has 4 nitrogen and oxygen atoms in total. The van der Waals surface area contributed by atoms with Crippen molar-refractivity contribution in [1.82, 2.24) is 0 Å². The minimum atomic E-state index is -0.245. The van der Waals surface area contributed by atoms with Crippen LogP contribution in [0.25, 0.3) is 0 Å². The van der Waals surface area contributed by atoms with Gasteiger partial charge in [0.1, 0.15) is 0 Å². The molecular weight excluding hydrogens is 170 g/mol. The first kappa shape index (κ1) is 12.8. The third-order valence-corrected chi connectivity index (χ3v) is 1.64. The van der Waals surface area contributed by atoms with Crippen molar-refractivity contribution in [3.63, 3.8) is 0 Å². The van der Waals surface area contributed by atoms with E-state index in [2.05, 4.69) is 0 Å². The lowest BCUT2D eigenvalue weighted by Crippen LogP contribution is -2.35. The fraction of sp³-hybridized carbons (Fsp3) is 1.00. The smallest absolute Gasteiger partial charge is 0.0749 e. The summed E-state index contributed by atoms with van der Waals surface area (Å²) >= 11 is 0. The molecule has 13 heavy (non-hydrogen) atoms. The van der Waals surface area contributed by atoms with Crippen molar-refractivity contribution >= 4 is 0 Å². The van der Waals surface area contributed by atoms with Crippen LogP contribution in [-0.4, -0.2) is 45.7 Å². The van der Waals surface area contributed by atoms with Crippen LogP contribution in [0.2, 0.25) is 0 Å². The van der Waals surface area contributed by atoms with Crippen molar-refractivity contribution < 1.29 is 14.2 Å². The zero-order chi connectivity index (χ0) is 10.2. The molecule has 0 unspecified atom stereocenters. The molecule has 0 saturated carbocycles. The number of methoxy groups -OCH3 is 1. The van der Waals surface area contributed by atoms with Crippen LogP contribution in [0.15, 0.2) is 0 Å². The van der Waals surface area contributed by atoms with E-state index in [1.54, 1.807) is 7.11 Å². The third kappa shape index (κ3) is 8.18. The average Bonchev–Trinajstić information content (AvgIpc) is 2.11. The van der Waals surface area contributed by atoms with Crippen LogP contribution >= 0.6 is 0 Å². The maximum absolute atomic E-state index is 5.48. The predicted molar refractivity (Wildman–Crippen MR) is 51.8 cm³/mol. The Morgan fingerprint density at radius 3 is 2.23 bits per heavy atom. The molecule has 4 heteroatoms. The lowest BCUT2D eigenvalue weighted by Gasteiger charge is -2.22. The van der Waals surface area contributed by atoms with Gasteiger partial charge in [0.15, 0.2) is 0 Å². The highest BCUT2D eigenvalue weighted by Gasteiger charge is 2.14. The van der Waals surface area contributed by atoms with Gasteiger partial charge in [0, 0.05) is 13.7 Å². The summed E-state index contributed by atoms with van der Waals surface area (Å²) in [5.41, 5.74) is 5.24. The monoisotopic (exact) mass is 191 g/mol. The highest BCUT2D eigenvalue weighted by Crippen LogP contribution is 2.05. The molecule has 0 saturated heterocycles. The zero-order valence-electron chi connectivity index (χ0n) is 8.84. The van der Waals surface area contributed by atoms with Crippen LogP contribution in [0.3, 0.4) is 0 Å². The number of ether oxygens (including phenoxy) is 3. The van der Waals surface area contributed by atoms with Gasteiger partial charge in [-0.15, -0.1) is 0 Å². The third-order valence-electron chi connectivity index (χ3n) is 1.64. The van der Waals surface area contributed by atoms with Gasteiger partial charge in [-0.1, -0.05) is 0 Å². The minimum Gasteiger partial charge on any atom is -0.382 e. The van der Waals surface area contributed by atoms with E-state index in [0.717, 1.165) is 0 Å². The molecule has 0 heterocycles. The molecule has 0 aromatic heterocycles. The first-order valence-electron chi connectivity index (χ1n) is 4.53. The summed E-state index contributed by atoms with van der Waals surface area (Å²) in [7, 11) is 1.65. The topological polar surface area (TPSA) is 53.7 Å². The second kappa shape index (κ2) is 7.26. The van der Waals surface area contributed by atoms with Crippen LogP contribution < -0.4 is 5.73 Å². The highest BCUT2D eigenvalue weighted by molar-refractivity contribution is 4.68. The largest absolute Gasteiger partial charge is 0.382 e. The summed E-state index contributed by atoms with van der Waals surface area (Å²) in [5.74, 6) is 0. The van der Waals surface area contributed by atoms with E-state index in [0.29, 0.717) is 33.0 Å². The number of nitrogens with two attached hydrogens (primary N) is 1. The SMILES string of the molecule is COCCOCCOC(C)(C)CN. The molecule has 0 amide bonds. The molecule has 2 N–H and O–H groups in total. The van der Waals surface area contributed by atoms with E-state index in [1.807, 2.05) is 13.8 Å². The zero-order valence-corrected chi connectivity index (χ0v) is 8.84. The fourth-order valence-corrected chi connectivity index (χ4v) is 0.680. The van der Waals surface area contributed by atoms with E-state index < -0.39 is 0 Å². The number of hydrogen-bond donors (Lipinski definition) is 1. The lowest BCUT2D eigenvalue weighted by atomic mass is 10.1. The molecule has 0 atom stereocenters. The normalized spacial score (nSPS) is 12.0. The van der Waals surface area contributed by atoms with E-state index in [-0.39, 0.29) is 5.60 Å². The van der Waals surface area contributed by atoms with Gasteiger partial charge in [-0.25, -0.2) is 0 Å². The van der Waals surface area contributed by atoms with Crippen LogP contribution in [0.5, 0.6) is 0 Å². The van der Waals surface area contributed by atoms with Crippen molar-refractivity contribution in [2.75, 3.05) is 40.1 Å². The van der Waals surface area contributed by atoms with Gasteiger partial charge in [-0.3, -0.25) is 0 Å². The second-order valence-electron chi connectivity index (χ2n) is 3.42. The van der Waals surface area contributed by atoms with Crippen LogP contribution in [0, 0.1) is 0 Å². The summed E-state index contributed by atoms with van der Waals surface area (Å²) in [6.07, 6.45) is 0. The van der Waals surface area contributed by atoms with E-state index >= 15 is 0 Å². The summed E-state index contributed by atoms with van der Waals surface area (Å²) in [5, 5.41) is 0. The summed E-state index contributed by atoms with van der Waals surface area (Å²) in [4.78, 5) is 0. The van der Waals surface area contributed by atoms with Gasteiger partial charge >= 0.3 is 0 Å². The van der Waals surface area contributed by atoms with Crippen LogP contribution in [0.1, 0.15) is 13.8 Å². The number of rotatable bonds is 8. The molecule has 0 radical (unpaired) electrons. The summed E-state index contributed by atoms with van der Waals surface area (Å²) < 4.78 is 15.5. The van der Waals surface area contributed by atoms with Crippen molar-refractivity contribution in [3.05, 3.63) is 0 Å². The Morgan fingerprint density at radius 1 is 1.08 bits per heavy atom. The Balaban J connectivity index is 3.16. The molecule has 0 aromatic rings. The Bertz CT molecular complexity index is 117. The second-order valence-corrected chi connectivity index (χ2v) is 3.42. The van der Waals surface area contributed by atoms with Gasteiger partial charge in [-0.05, 0) is 13.8 Å². The molecule has 0 bridgehead atoms. The Hall–Kier alpha value is -0.160. The Kier molecular flexibility index (Phi) is 7.17. The van der Waals surface area contributed by atoms with Gasteiger partial charge < -0.3 is 19.9 Å². The number of hydrogen-bond acceptors (Lipinski definition) is 4. The van der Waals surface area contributed by atoms with Crippen molar-refractivity contribution in [1.29, 1.82) is 0 Å². The molecular formula is C9H21NO3. The Labute approximate surface area is 80.3 Å². The maximum atomic E-state index is 5.48. The summed E-state index contributed by atoms with van der Waals surface area (Å²) in [6, 6.07) is 0. The van der Waals surface area contributed by atoms with Crippen molar-refractivity contribution in [2.24, 2.45) is 5.73 Å². The quantitative estimate of drug-likeness (QED) is 0.564. The highest BCUT2D eigenvalue weighted by atomic mass is 16.5. The first-order chi connectivity index (χ1) is 6.12. The molecule has 0 aromatic carbocycles. The van der Waals surface area contributed by atoms with Crippen LogP contribution in [0.4, 0.5) is 0 Å². The fourth-order valence-electron chi connectivity index (χ4n) is 0.680. The van der Waals surface area contributed by atoms with Gasteiger partial charge in [0.2, 0.25) is 0 Å². The van der Waals surface area contributed by atoms with Gasteiger partial charge in [0.25, 0.3) is 0 Å². The average molecular weight is 191 g/mol. The predicted octanol–water partition coefficient (Wildman–Crippen LogP) is 0.403. The van der Waals surface area contributed by atoms with E-state index in [9.17, 15) is 0 Å². The van der Waals surface area contributed by atoms with Crippen LogP contribution in [-0.2, 0) is 14.2 Å². The van der Waals surface area contributed by atoms with Crippen molar-refractivity contribution in [3.8, 4) is 0 Å². The van der Waals surface area contributed by atoms with Crippen molar-refractivity contribution in [2.45, 2.75) is 19.4 Å². The van der Waals surface area contributed by atoms with Gasteiger partial charge in [-0.2, -0.15) is 0 Å². The molecule has 80 valence electrons. The minimum absolute atomic E-state index is 0.245. The van der Waals surface area contributed by atoms with E-state index in [4.69, 9.17) is 19.9 Å². The van der Waals surface area contributed by atoms with Gasteiger partial charge in [0.05, 0.1) is 32.0 Å². The molecule has 0 aliphatic rings. The lowest BCUT2D eigenvalue weighted by molar-refractivity contribution is -0.0451. The Morgan fingerprint density at radius 2 is 1.69 bits per heavy atom. The molecule has 0 aliphatic heterocycles. The molecule has 0 fully saturated rings. The van der Waals surface area contributed by atoms with E-state index in [1.165, 1.54) is 0 Å². The molecule has 0 rings (SSSR count).